The quantitative estimate of drug-likeness (QED) is 0.869. The fourth-order valence-corrected chi connectivity index (χ4v) is 3.47. The number of sulfone groups is 1. The summed E-state index contributed by atoms with van der Waals surface area (Å²) in [5.41, 5.74) is 0.225. The molecule has 1 aromatic heterocycles. The Morgan fingerprint density at radius 3 is 2.27 bits per heavy atom. The minimum Gasteiger partial charge on any atom is -0.338 e. The molecular weight excluding hydrogens is 366 g/mol. The Morgan fingerprint density at radius 2 is 1.73 bits per heavy atom. The van der Waals surface area contributed by atoms with Crippen molar-refractivity contribution in [3.63, 3.8) is 0 Å². The van der Waals surface area contributed by atoms with E-state index in [0.29, 0.717) is 17.8 Å². The lowest BCUT2D eigenvalue weighted by Gasteiger charge is -2.23. The van der Waals surface area contributed by atoms with Gasteiger partial charge in [-0.05, 0) is 32.0 Å². The molecule has 1 aromatic carbocycles. The van der Waals surface area contributed by atoms with Crippen molar-refractivity contribution in [2.45, 2.75) is 49.7 Å². The molecule has 0 saturated carbocycles. The number of hydrogen-bond donors (Lipinski definition) is 1. The van der Waals surface area contributed by atoms with Gasteiger partial charge in [0.25, 0.3) is 0 Å². The van der Waals surface area contributed by atoms with Crippen molar-refractivity contribution < 1.29 is 26.5 Å². The summed E-state index contributed by atoms with van der Waals surface area (Å²) in [7, 11) is -4.52. The van der Waals surface area contributed by atoms with Gasteiger partial charge in [0.05, 0.1) is 5.69 Å². The van der Waals surface area contributed by atoms with Crippen molar-refractivity contribution in [1.82, 2.24) is 5.16 Å². The number of carbonyl (C=O) groups excluding carboxylic acids is 1. The molecule has 0 bridgehead atoms. The fourth-order valence-electron chi connectivity index (χ4n) is 2.03. The first-order valence-electron chi connectivity index (χ1n) is 7.75. The van der Waals surface area contributed by atoms with Gasteiger partial charge in [-0.15, -0.1) is 0 Å². The first kappa shape index (κ1) is 20.0. The lowest BCUT2D eigenvalue weighted by Crippen LogP contribution is -2.44. The van der Waals surface area contributed by atoms with Gasteiger partial charge in [-0.3, -0.25) is 10.1 Å². The van der Waals surface area contributed by atoms with E-state index in [0.717, 1.165) is 19.9 Å². The molecule has 1 heterocycles. The number of benzene rings is 1. The third-order valence-electron chi connectivity index (χ3n) is 3.92. The zero-order valence-corrected chi connectivity index (χ0v) is 15.9. The lowest BCUT2D eigenvalue weighted by molar-refractivity contribution is -0.118. The van der Waals surface area contributed by atoms with Crippen LogP contribution in [0.1, 0.15) is 40.3 Å². The van der Waals surface area contributed by atoms with Crippen LogP contribution in [0, 0.1) is 11.6 Å². The van der Waals surface area contributed by atoms with E-state index in [1.54, 1.807) is 0 Å². The van der Waals surface area contributed by atoms with E-state index in [4.69, 9.17) is 4.52 Å². The normalized spacial score (nSPS) is 12.9. The maximum absolute atomic E-state index is 13.9. The Morgan fingerprint density at radius 1 is 1.12 bits per heavy atom. The van der Waals surface area contributed by atoms with E-state index < -0.39 is 37.0 Å². The summed E-state index contributed by atoms with van der Waals surface area (Å²) in [5.74, 6) is -3.06. The number of halogens is 2. The first-order chi connectivity index (χ1) is 11.8. The average molecular weight is 386 g/mol. The molecule has 2 aromatic rings. The highest BCUT2D eigenvalue weighted by molar-refractivity contribution is 7.93. The molecule has 6 nitrogen and oxygen atoms in total. The average Bonchev–Trinajstić information content (AvgIpc) is 2.98. The monoisotopic (exact) mass is 386 g/mol. The molecule has 2 rings (SSSR count). The predicted octanol–water partition coefficient (Wildman–Crippen LogP) is 3.44. The second-order valence-electron chi connectivity index (χ2n) is 7.37. The van der Waals surface area contributed by atoms with E-state index >= 15 is 0 Å². The Balaban J connectivity index is 2.35. The van der Waals surface area contributed by atoms with Gasteiger partial charge in [0, 0.05) is 11.5 Å². The SMILES string of the molecule is CC(C)(C)c1cc(NC(=O)C(C)(C)S(=O)(=O)c2cc(F)ccc2F)on1. The van der Waals surface area contributed by atoms with Crippen molar-refractivity contribution in [2.24, 2.45) is 0 Å². The summed E-state index contributed by atoms with van der Waals surface area (Å²) >= 11 is 0. The van der Waals surface area contributed by atoms with Crippen LogP contribution >= 0.6 is 0 Å². The van der Waals surface area contributed by atoms with Crippen LogP contribution in [-0.4, -0.2) is 24.2 Å². The van der Waals surface area contributed by atoms with Gasteiger partial charge in [0.15, 0.2) is 9.84 Å². The maximum Gasteiger partial charge on any atom is 0.248 e. The number of hydrogen-bond acceptors (Lipinski definition) is 5. The van der Waals surface area contributed by atoms with Gasteiger partial charge in [0.2, 0.25) is 11.8 Å². The van der Waals surface area contributed by atoms with E-state index in [-0.39, 0.29) is 11.3 Å². The molecule has 1 amide bonds. The van der Waals surface area contributed by atoms with Gasteiger partial charge in [-0.25, -0.2) is 17.2 Å². The first-order valence-corrected chi connectivity index (χ1v) is 9.23. The smallest absolute Gasteiger partial charge is 0.248 e. The van der Waals surface area contributed by atoms with Crippen molar-refractivity contribution in [3.05, 3.63) is 41.6 Å². The van der Waals surface area contributed by atoms with Crippen molar-refractivity contribution in [2.75, 3.05) is 5.32 Å². The Kier molecular flexibility index (Phi) is 4.97. The largest absolute Gasteiger partial charge is 0.338 e. The molecule has 0 saturated heterocycles. The molecule has 9 heteroatoms. The molecule has 0 spiro atoms. The highest BCUT2D eigenvalue weighted by Gasteiger charge is 2.44. The van der Waals surface area contributed by atoms with Crippen LogP contribution in [0.4, 0.5) is 14.7 Å². The van der Waals surface area contributed by atoms with Gasteiger partial charge in [-0.2, -0.15) is 0 Å². The highest BCUT2D eigenvalue weighted by Crippen LogP contribution is 2.30. The number of nitrogens with one attached hydrogen (secondary N) is 1. The zero-order valence-electron chi connectivity index (χ0n) is 15.1. The van der Waals surface area contributed by atoms with E-state index in [9.17, 15) is 22.0 Å². The number of anilines is 1. The number of rotatable bonds is 4. The number of aromatic nitrogens is 1. The third-order valence-corrected chi connectivity index (χ3v) is 6.34. The summed E-state index contributed by atoms with van der Waals surface area (Å²) in [5, 5.41) is 6.14. The molecule has 0 atom stereocenters. The summed E-state index contributed by atoms with van der Waals surface area (Å²) in [6.07, 6.45) is 0. The summed E-state index contributed by atoms with van der Waals surface area (Å²) in [6.45, 7) is 7.86. The van der Waals surface area contributed by atoms with Crippen molar-refractivity contribution >= 4 is 21.6 Å². The summed E-state index contributed by atoms with van der Waals surface area (Å²) in [6, 6.07) is 3.52. The highest BCUT2D eigenvalue weighted by atomic mass is 32.2. The standard InChI is InChI=1S/C17H20F2N2O4S/c1-16(2,3)13-9-14(25-21-13)20-15(22)17(4,5)26(23,24)12-8-10(18)6-7-11(12)19/h6-9H,1-5H3,(H,20,22). The van der Waals surface area contributed by atoms with Crippen LogP contribution < -0.4 is 5.32 Å². The summed E-state index contributed by atoms with van der Waals surface area (Å²) in [4.78, 5) is 11.6. The van der Waals surface area contributed by atoms with Crippen LogP contribution in [0.15, 0.2) is 33.7 Å². The Hall–Kier alpha value is -2.29. The molecule has 0 aliphatic rings. The molecule has 142 valence electrons. The van der Waals surface area contributed by atoms with Crippen LogP contribution in [0.3, 0.4) is 0 Å². The van der Waals surface area contributed by atoms with Crippen molar-refractivity contribution in [3.8, 4) is 0 Å². The van der Waals surface area contributed by atoms with Gasteiger partial charge >= 0.3 is 0 Å². The van der Waals surface area contributed by atoms with Crippen LogP contribution in [0.2, 0.25) is 0 Å². The maximum atomic E-state index is 13.9. The van der Waals surface area contributed by atoms with Crippen molar-refractivity contribution in [1.29, 1.82) is 0 Å². The topological polar surface area (TPSA) is 89.3 Å². The second kappa shape index (κ2) is 6.46. The van der Waals surface area contributed by atoms with Crippen LogP contribution in [-0.2, 0) is 20.0 Å². The molecule has 0 aliphatic carbocycles. The fraction of sp³-hybridized carbons (Fsp3) is 0.412. The molecular formula is C17H20F2N2O4S. The number of amides is 1. The molecule has 0 radical (unpaired) electrons. The number of carbonyl (C=O) groups is 1. The van der Waals surface area contributed by atoms with Gasteiger partial charge < -0.3 is 4.52 Å². The van der Waals surface area contributed by atoms with E-state index in [1.807, 2.05) is 20.8 Å². The summed E-state index contributed by atoms with van der Waals surface area (Å²) < 4.78 is 55.6. The zero-order chi connectivity index (χ0) is 19.9. The Labute approximate surface area is 150 Å². The molecule has 0 unspecified atom stereocenters. The Bertz CT molecular complexity index is 944. The van der Waals surface area contributed by atoms with E-state index in [1.165, 1.54) is 6.07 Å². The molecule has 0 fully saturated rings. The van der Waals surface area contributed by atoms with Crippen LogP contribution in [0.5, 0.6) is 0 Å². The molecule has 26 heavy (non-hydrogen) atoms. The van der Waals surface area contributed by atoms with E-state index in [2.05, 4.69) is 10.5 Å². The molecule has 0 aliphatic heterocycles. The van der Waals surface area contributed by atoms with Crippen LogP contribution in [0.25, 0.3) is 0 Å². The predicted molar refractivity (Wildman–Crippen MR) is 91.5 cm³/mol. The lowest BCUT2D eigenvalue weighted by atomic mass is 9.92. The third kappa shape index (κ3) is 3.62. The second-order valence-corrected chi connectivity index (χ2v) is 9.84. The van der Waals surface area contributed by atoms with Gasteiger partial charge in [-0.1, -0.05) is 25.9 Å². The molecule has 1 N–H and O–H groups in total. The number of nitrogens with zero attached hydrogens (tertiary/aromatic N) is 1. The van der Waals surface area contributed by atoms with Gasteiger partial charge in [0.1, 0.15) is 21.3 Å². The minimum atomic E-state index is -4.52. The minimum absolute atomic E-state index is 0.0390.